The summed E-state index contributed by atoms with van der Waals surface area (Å²) in [6, 6.07) is 3.03. The molecule has 6 heteroatoms. The Hall–Kier alpha value is -0.823. The lowest BCUT2D eigenvalue weighted by Crippen LogP contribution is -2.34. The highest BCUT2D eigenvalue weighted by atomic mass is 28.4. The zero-order valence-corrected chi connectivity index (χ0v) is 8.24. The summed E-state index contributed by atoms with van der Waals surface area (Å²) < 4.78 is 25.1. The van der Waals surface area contributed by atoms with Gasteiger partial charge in [-0.15, -0.1) is 0 Å². The monoisotopic (exact) mass is 220 g/mol. The predicted molar refractivity (Wildman–Crippen MR) is 47.3 cm³/mol. The lowest BCUT2D eigenvalue weighted by molar-refractivity contribution is 0.228. The van der Waals surface area contributed by atoms with Gasteiger partial charge >= 0.3 is 8.80 Å². The van der Waals surface area contributed by atoms with Crippen molar-refractivity contribution in [2.24, 2.45) is 0 Å². The van der Waals surface area contributed by atoms with E-state index in [1.807, 2.05) is 0 Å². The van der Waals surface area contributed by atoms with Gasteiger partial charge in [-0.1, -0.05) is 6.07 Å². The second kappa shape index (κ2) is 4.14. The van der Waals surface area contributed by atoms with Gasteiger partial charge in [0.2, 0.25) is 0 Å². The number of rotatable bonds is 3. The molecule has 0 aliphatic rings. The minimum Gasteiger partial charge on any atom is -0.390 e. The Morgan fingerprint density at radius 1 is 1.07 bits per heavy atom. The first kappa shape index (κ1) is 11.3. The van der Waals surface area contributed by atoms with Crippen LogP contribution < -0.4 is 0 Å². The van der Waals surface area contributed by atoms with E-state index in [9.17, 15) is 8.78 Å². The van der Waals surface area contributed by atoms with Crippen LogP contribution in [0.3, 0.4) is 0 Å². The molecular formula is C8H10F2O3Si. The van der Waals surface area contributed by atoms with Crippen molar-refractivity contribution in [1.82, 2.24) is 0 Å². The van der Waals surface area contributed by atoms with Crippen LogP contribution in [-0.4, -0.2) is 23.2 Å². The van der Waals surface area contributed by atoms with E-state index in [0.29, 0.717) is 5.56 Å². The van der Waals surface area contributed by atoms with Crippen LogP contribution in [0.15, 0.2) is 18.2 Å². The van der Waals surface area contributed by atoms with Gasteiger partial charge in [-0.3, -0.25) is 0 Å². The van der Waals surface area contributed by atoms with Gasteiger partial charge in [0, 0.05) is 6.04 Å². The summed E-state index contributed by atoms with van der Waals surface area (Å²) in [4.78, 5) is 26.1. The summed E-state index contributed by atoms with van der Waals surface area (Å²) in [6.45, 7) is 0. The van der Waals surface area contributed by atoms with Gasteiger partial charge in [0.1, 0.15) is 0 Å². The van der Waals surface area contributed by atoms with Gasteiger partial charge in [0.05, 0.1) is 0 Å². The number of benzene rings is 1. The largest absolute Gasteiger partial charge is 0.493 e. The van der Waals surface area contributed by atoms with E-state index in [0.717, 1.165) is 12.1 Å². The lowest BCUT2D eigenvalue weighted by Gasteiger charge is -2.08. The summed E-state index contributed by atoms with van der Waals surface area (Å²) >= 11 is 0. The summed E-state index contributed by atoms with van der Waals surface area (Å²) in [5, 5.41) is 0. The van der Waals surface area contributed by atoms with Crippen molar-refractivity contribution in [3.63, 3.8) is 0 Å². The molecule has 78 valence electrons. The summed E-state index contributed by atoms with van der Waals surface area (Å²) in [5.41, 5.74) is 0.415. The maximum atomic E-state index is 12.6. The number of halogens is 2. The average molecular weight is 220 g/mol. The summed E-state index contributed by atoms with van der Waals surface area (Å²) in [6.07, 6.45) is 0.104. The van der Waals surface area contributed by atoms with Gasteiger partial charge < -0.3 is 14.4 Å². The smallest absolute Gasteiger partial charge is 0.390 e. The van der Waals surface area contributed by atoms with Crippen molar-refractivity contribution in [3.05, 3.63) is 35.4 Å². The highest BCUT2D eigenvalue weighted by Crippen LogP contribution is 2.12. The van der Waals surface area contributed by atoms with Gasteiger partial charge in [0.15, 0.2) is 11.6 Å². The minimum absolute atomic E-state index is 0.104. The van der Waals surface area contributed by atoms with Gasteiger partial charge in [0.25, 0.3) is 0 Å². The third-order valence-electron chi connectivity index (χ3n) is 1.73. The lowest BCUT2D eigenvalue weighted by atomic mass is 10.2. The zero-order valence-electron chi connectivity index (χ0n) is 7.24. The van der Waals surface area contributed by atoms with Crippen LogP contribution in [0, 0.1) is 11.6 Å². The molecule has 3 N–H and O–H groups in total. The van der Waals surface area contributed by atoms with Crippen molar-refractivity contribution in [1.29, 1.82) is 0 Å². The van der Waals surface area contributed by atoms with E-state index in [2.05, 4.69) is 0 Å². The van der Waals surface area contributed by atoms with Crippen LogP contribution in [0.1, 0.15) is 5.56 Å². The maximum absolute atomic E-state index is 12.6. The Bertz CT molecular complexity index is 325. The van der Waals surface area contributed by atoms with E-state index in [4.69, 9.17) is 14.4 Å². The Morgan fingerprint density at radius 3 is 2.21 bits per heavy atom. The molecule has 3 nitrogen and oxygen atoms in total. The fourth-order valence-electron chi connectivity index (χ4n) is 1.01. The molecule has 0 heterocycles. The second-order valence-corrected chi connectivity index (χ2v) is 5.07. The van der Waals surface area contributed by atoms with Gasteiger partial charge in [-0.05, 0) is 24.1 Å². The van der Waals surface area contributed by atoms with Crippen LogP contribution >= 0.6 is 0 Å². The molecule has 0 amide bonds. The van der Waals surface area contributed by atoms with Gasteiger partial charge in [-0.2, -0.15) is 0 Å². The fourth-order valence-corrected chi connectivity index (χ4v) is 1.63. The average Bonchev–Trinajstić information content (AvgIpc) is 2.06. The van der Waals surface area contributed by atoms with E-state index >= 15 is 0 Å². The van der Waals surface area contributed by atoms with Crippen LogP contribution in [0.4, 0.5) is 8.78 Å². The summed E-state index contributed by atoms with van der Waals surface area (Å²) in [5.74, 6) is -1.93. The number of hydrogen-bond donors (Lipinski definition) is 3. The number of aryl methyl sites for hydroxylation is 1. The Labute approximate surface area is 80.6 Å². The quantitative estimate of drug-likeness (QED) is 0.647. The number of hydrogen-bond acceptors (Lipinski definition) is 3. The van der Waals surface area contributed by atoms with E-state index < -0.39 is 20.4 Å². The van der Waals surface area contributed by atoms with Gasteiger partial charge in [-0.25, -0.2) is 8.78 Å². The van der Waals surface area contributed by atoms with E-state index in [1.54, 1.807) is 0 Å². The minimum atomic E-state index is -4.09. The Kier molecular flexibility index (Phi) is 3.32. The normalized spacial score (nSPS) is 11.8. The molecule has 1 rings (SSSR count). The second-order valence-electron chi connectivity index (χ2n) is 3.02. The third kappa shape index (κ3) is 3.50. The standard InChI is InChI=1S/C8H10F2O3Si/c9-7-2-1-6(5-8(7)10)3-4-14(11,12)13/h1-2,5,11-13H,3-4H2. The molecule has 0 saturated heterocycles. The van der Waals surface area contributed by atoms with Crippen molar-refractivity contribution in [2.45, 2.75) is 12.5 Å². The highest BCUT2D eigenvalue weighted by molar-refractivity contribution is 6.56. The van der Waals surface area contributed by atoms with E-state index in [1.165, 1.54) is 6.07 Å². The van der Waals surface area contributed by atoms with Crippen molar-refractivity contribution >= 4 is 8.80 Å². The molecule has 0 aliphatic heterocycles. The molecule has 1 aromatic carbocycles. The van der Waals surface area contributed by atoms with E-state index in [-0.39, 0.29) is 12.5 Å². The topological polar surface area (TPSA) is 60.7 Å². The van der Waals surface area contributed by atoms with Crippen LogP contribution in [0.25, 0.3) is 0 Å². The molecule has 0 saturated carbocycles. The maximum Gasteiger partial charge on any atom is 0.493 e. The van der Waals surface area contributed by atoms with Crippen molar-refractivity contribution < 1.29 is 23.2 Å². The molecule has 0 atom stereocenters. The first-order valence-electron chi connectivity index (χ1n) is 3.99. The fraction of sp³-hybridized carbons (Fsp3) is 0.250. The van der Waals surface area contributed by atoms with Crippen molar-refractivity contribution in [3.8, 4) is 0 Å². The first-order valence-corrected chi connectivity index (χ1v) is 6.04. The van der Waals surface area contributed by atoms with Crippen LogP contribution in [-0.2, 0) is 6.42 Å². The molecule has 0 radical (unpaired) electrons. The van der Waals surface area contributed by atoms with Crippen LogP contribution in [0.2, 0.25) is 6.04 Å². The third-order valence-corrected chi connectivity index (χ3v) is 2.65. The predicted octanol–water partition coefficient (Wildman–Crippen LogP) is 0.423. The first-order chi connectivity index (χ1) is 6.38. The van der Waals surface area contributed by atoms with Crippen molar-refractivity contribution in [2.75, 3.05) is 0 Å². The zero-order chi connectivity index (χ0) is 10.8. The molecular weight excluding hydrogens is 210 g/mol. The molecule has 0 spiro atoms. The molecule has 0 aliphatic carbocycles. The SMILES string of the molecule is O[Si](O)(O)CCc1ccc(F)c(F)c1. The molecule has 0 bridgehead atoms. The molecule has 0 fully saturated rings. The highest BCUT2D eigenvalue weighted by Gasteiger charge is 2.26. The molecule has 0 aromatic heterocycles. The van der Waals surface area contributed by atoms with Crippen LogP contribution in [0.5, 0.6) is 0 Å². The molecule has 0 unspecified atom stereocenters. The Balaban J connectivity index is 2.65. The Morgan fingerprint density at radius 2 is 1.71 bits per heavy atom. The molecule has 14 heavy (non-hydrogen) atoms. The molecule has 1 aromatic rings. The summed E-state index contributed by atoms with van der Waals surface area (Å²) in [7, 11) is -4.09.